The number of methoxy groups -OCH3 is 3. The summed E-state index contributed by atoms with van der Waals surface area (Å²) >= 11 is 0. The van der Waals surface area contributed by atoms with E-state index in [0.717, 1.165) is 27.6 Å². The number of ether oxygens (including phenoxy) is 8. The van der Waals surface area contributed by atoms with Gasteiger partial charge in [-0.2, -0.15) is 0 Å². The summed E-state index contributed by atoms with van der Waals surface area (Å²) in [5.74, 6) is -2.78. The third-order valence-corrected chi connectivity index (χ3v) is 6.48. The first-order chi connectivity index (χ1) is 16.5. The van der Waals surface area contributed by atoms with E-state index in [-0.39, 0.29) is 12.0 Å². The first-order valence-corrected chi connectivity index (χ1v) is 10.8. The molecule has 1 aliphatic carbocycles. The molecule has 198 valence electrons. The van der Waals surface area contributed by atoms with Gasteiger partial charge in [0.1, 0.15) is 30.0 Å². The van der Waals surface area contributed by atoms with Gasteiger partial charge in [-0.3, -0.25) is 0 Å². The van der Waals surface area contributed by atoms with Crippen LogP contribution in [0, 0.1) is 11.8 Å². The Morgan fingerprint density at radius 1 is 0.971 bits per heavy atom. The summed E-state index contributed by atoms with van der Waals surface area (Å²) < 4.78 is 41.9. The Morgan fingerprint density at radius 3 is 2.23 bits per heavy atom. The van der Waals surface area contributed by atoms with Gasteiger partial charge in [0.25, 0.3) is 0 Å². The zero-order chi connectivity index (χ0) is 26.1. The zero-order valence-electron chi connectivity index (χ0n) is 19.8. The van der Waals surface area contributed by atoms with Gasteiger partial charge in [0, 0.05) is 12.3 Å². The fraction of sp³-hybridized carbons (Fsp3) is 0.762. The maximum Gasteiger partial charge on any atom is 0.508 e. The molecule has 0 bridgehead atoms. The summed E-state index contributed by atoms with van der Waals surface area (Å²) in [5, 5.41) is 30.5. The van der Waals surface area contributed by atoms with E-state index in [9.17, 15) is 29.7 Å². The molecule has 1 saturated carbocycles. The fourth-order valence-electron chi connectivity index (χ4n) is 4.73. The third kappa shape index (κ3) is 5.16. The lowest BCUT2D eigenvalue weighted by Crippen LogP contribution is -2.59. The van der Waals surface area contributed by atoms with Gasteiger partial charge in [-0.25, -0.2) is 14.4 Å². The SMILES string of the molecule is COC(=O)O[C@@H]1C[C@](C)(OC(=O)OC)[C@H]2[C@H](OC3OC(C)C(O)C(O)C3O)OC=C(C(=O)OC)[C@H]21. The van der Waals surface area contributed by atoms with Crippen LogP contribution in [-0.2, 0) is 42.7 Å². The van der Waals surface area contributed by atoms with Crippen LogP contribution in [0.2, 0.25) is 0 Å². The molecule has 0 radical (unpaired) electrons. The number of rotatable bonds is 5. The highest BCUT2D eigenvalue weighted by Gasteiger charge is 2.63. The van der Waals surface area contributed by atoms with Crippen molar-refractivity contribution in [1.29, 1.82) is 0 Å². The van der Waals surface area contributed by atoms with Gasteiger partial charge in [0.05, 0.1) is 45.2 Å². The van der Waals surface area contributed by atoms with Gasteiger partial charge in [-0.1, -0.05) is 0 Å². The highest BCUT2D eigenvalue weighted by atomic mass is 16.8. The summed E-state index contributed by atoms with van der Waals surface area (Å²) in [5.41, 5.74) is -1.52. The van der Waals surface area contributed by atoms with Crippen LogP contribution in [0.4, 0.5) is 9.59 Å². The first kappa shape index (κ1) is 26.9. The minimum absolute atomic E-state index is 0.0302. The van der Waals surface area contributed by atoms with Gasteiger partial charge in [-0.15, -0.1) is 0 Å². The average Bonchev–Trinajstić information content (AvgIpc) is 3.12. The molecule has 10 atom stereocenters. The number of aliphatic hydroxyl groups excluding tert-OH is 3. The lowest BCUT2D eigenvalue weighted by molar-refractivity contribution is -0.341. The van der Waals surface area contributed by atoms with Crippen molar-refractivity contribution in [2.75, 3.05) is 21.3 Å². The molecule has 35 heavy (non-hydrogen) atoms. The molecule has 3 N–H and O–H groups in total. The molecule has 2 heterocycles. The summed E-state index contributed by atoms with van der Waals surface area (Å²) in [6, 6.07) is 0. The van der Waals surface area contributed by atoms with Crippen LogP contribution in [-0.4, -0.2) is 104 Å². The molecule has 1 saturated heterocycles. The quantitative estimate of drug-likeness (QED) is 0.322. The number of esters is 1. The summed E-state index contributed by atoms with van der Waals surface area (Å²) in [7, 11) is 3.36. The van der Waals surface area contributed by atoms with Crippen molar-refractivity contribution in [3.8, 4) is 0 Å². The maximum atomic E-state index is 12.5. The fourth-order valence-corrected chi connectivity index (χ4v) is 4.73. The van der Waals surface area contributed by atoms with Crippen molar-refractivity contribution >= 4 is 18.3 Å². The second kappa shape index (κ2) is 10.5. The highest BCUT2D eigenvalue weighted by molar-refractivity contribution is 5.89. The Morgan fingerprint density at radius 2 is 1.63 bits per heavy atom. The van der Waals surface area contributed by atoms with E-state index in [1.807, 2.05) is 0 Å². The Bertz CT molecular complexity index is 844. The first-order valence-electron chi connectivity index (χ1n) is 10.8. The molecular formula is C21H30O14. The largest absolute Gasteiger partial charge is 0.508 e. The second-order valence-electron chi connectivity index (χ2n) is 8.62. The third-order valence-electron chi connectivity index (χ3n) is 6.48. The standard InChI is InChI=1S/C21H30O14/c1-8-13(22)14(23)15(24)18(32-8)34-17-12-11(9(7-31-17)16(25)28-3)10(33-19(26)29-4)6-21(12,2)35-20(27)30-5/h7-8,10-15,17-18,22-24H,6H2,1-5H3/t8?,10-,11+,12-,13?,14?,15?,17+,18?,21+/m1/s1. The van der Waals surface area contributed by atoms with E-state index in [0.29, 0.717) is 0 Å². The van der Waals surface area contributed by atoms with Crippen molar-refractivity contribution in [3.05, 3.63) is 11.8 Å². The number of carbonyl (C=O) groups excluding carboxylic acids is 3. The summed E-state index contributed by atoms with van der Waals surface area (Å²) in [6.45, 7) is 2.97. The molecule has 14 heteroatoms. The molecule has 0 amide bonds. The van der Waals surface area contributed by atoms with Crippen molar-refractivity contribution in [2.24, 2.45) is 11.8 Å². The minimum atomic E-state index is -1.66. The summed E-state index contributed by atoms with van der Waals surface area (Å²) in [4.78, 5) is 36.6. The predicted octanol–water partition coefficient (Wildman–Crippen LogP) is -0.427. The smallest absolute Gasteiger partial charge is 0.471 e. The van der Waals surface area contributed by atoms with Crippen molar-refractivity contribution in [2.45, 2.75) is 69.0 Å². The second-order valence-corrected chi connectivity index (χ2v) is 8.62. The zero-order valence-corrected chi connectivity index (χ0v) is 19.8. The molecule has 3 aliphatic rings. The average molecular weight is 506 g/mol. The summed E-state index contributed by atoms with van der Waals surface area (Å²) in [6.07, 6.45) is -10.5. The van der Waals surface area contributed by atoms with Crippen LogP contribution in [0.1, 0.15) is 20.3 Å². The number of aliphatic hydroxyl groups is 3. The van der Waals surface area contributed by atoms with Gasteiger partial charge in [0.15, 0.2) is 6.29 Å². The topological polar surface area (TPSA) is 186 Å². The molecule has 2 aliphatic heterocycles. The maximum absolute atomic E-state index is 12.5. The van der Waals surface area contributed by atoms with Crippen LogP contribution in [0.25, 0.3) is 0 Å². The molecule has 5 unspecified atom stereocenters. The van der Waals surface area contributed by atoms with Crippen LogP contribution in [0.3, 0.4) is 0 Å². The molecule has 0 aromatic carbocycles. The number of fused-ring (bicyclic) bond motifs is 1. The molecule has 14 nitrogen and oxygen atoms in total. The van der Waals surface area contributed by atoms with E-state index < -0.39 is 78.8 Å². The van der Waals surface area contributed by atoms with E-state index in [2.05, 4.69) is 9.47 Å². The van der Waals surface area contributed by atoms with Gasteiger partial charge in [-0.05, 0) is 13.8 Å². The van der Waals surface area contributed by atoms with E-state index in [4.69, 9.17) is 28.4 Å². The minimum Gasteiger partial charge on any atom is -0.471 e. The van der Waals surface area contributed by atoms with Crippen LogP contribution >= 0.6 is 0 Å². The van der Waals surface area contributed by atoms with E-state index in [1.165, 1.54) is 13.8 Å². The van der Waals surface area contributed by atoms with Crippen molar-refractivity contribution in [1.82, 2.24) is 0 Å². The Kier molecular flexibility index (Phi) is 8.11. The normalized spacial score (nSPS) is 40.5. The predicted molar refractivity (Wildman–Crippen MR) is 109 cm³/mol. The Balaban J connectivity index is 2.00. The van der Waals surface area contributed by atoms with Crippen LogP contribution in [0.15, 0.2) is 11.8 Å². The Labute approximate surface area is 200 Å². The lowest BCUT2D eigenvalue weighted by Gasteiger charge is -2.44. The number of hydrogen-bond acceptors (Lipinski definition) is 14. The molecule has 0 spiro atoms. The molecule has 0 aromatic heterocycles. The van der Waals surface area contributed by atoms with Gasteiger partial charge < -0.3 is 53.2 Å². The molecular weight excluding hydrogens is 476 g/mol. The van der Waals surface area contributed by atoms with Crippen molar-refractivity contribution < 1.29 is 67.6 Å². The van der Waals surface area contributed by atoms with Crippen LogP contribution < -0.4 is 0 Å². The molecule has 3 rings (SSSR count). The van der Waals surface area contributed by atoms with E-state index >= 15 is 0 Å². The molecule has 2 fully saturated rings. The number of carbonyl (C=O) groups is 3. The van der Waals surface area contributed by atoms with Crippen LogP contribution in [0.5, 0.6) is 0 Å². The highest BCUT2D eigenvalue weighted by Crippen LogP contribution is 2.52. The van der Waals surface area contributed by atoms with Crippen molar-refractivity contribution in [3.63, 3.8) is 0 Å². The van der Waals surface area contributed by atoms with E-state index in [1.54, 1.807) is 0 Å². The number of hydrogen-bond donors (Lipinski definition) is 3. The van der Waals surface area contributed by atoms with Gasteiger partial charge in [0.2, 0.25) is 6.29 Å². The molecule has 0 aromatic rings. The Hall–Kier alpha value is -2.65. The lowest BCUT2D eigenvalue weighted by atomic mass is 9.80. The van der Waals surface area contributed by atoms with Gasteiger partial charge >= 0.3 is 18.3 Å². The monoisotopic (exact) mass is 506 g/mol.